The molecule has 24 heavy (non-hydrogen) atoms. The van der Waals surface area contributed by atoms with Gasteiger partial charge in [0.1, 0.15) is 0 Å². The molecule has 144 valence electrons. The van der Waals surface area contributed by atoms with Crippen molar-refractivity contribution in [1.29, 1.82) is 0 Å². The Labute approximate surface area is 165 Å². The molecule has 0 aromatic heterocycles. The van der Waals surface area contributed by atoms with Gasteiger partial charge in [0.05, 0.1) is 0 Å². The third kappa shape index (κ3) is 11.4. The van der Waals surface area contributed by atoms with E-state index in [0.717, 1.165) is 51.1 Å². The Morgan fingerprint density at radius 2 is 1.88 bits per heavy atom. The summed E-state index contributed by atoms with van der Waals surface area (Å²) < 4.78 is 5.08. The number of methoxy groups -OCH3 is 1. The van der Waals surface area contributed by atoms with E-state index >= 15 is 0 Å². The molecule has 0 radical (unpaired) electrons. The van der Waals surface area contributed by atoms with Gasteiger partial charge >= 0.3 is 0 Å². The van der Waals surface area contributed by atoms with Gasteiger partial charge in [-0.05, 0) is 58.8 Å². The quantitative estimate of drug-likeness (QED) is 0.226. The molecule has 0 saturated carbocycles. The van der Waals surface area contributed by atoms with Crippen molar-refractivity contribution in [2.75, 3.05) is 74.1 Å². The standard InChI is InChI=1S/C17H37N5O.HI/c1-18-17(20-10-14-21(2)11-5-15-23-4)19-9-6-16-7-12-22(3)13-8-16;/h16H,5-15H2,1-4H3,(H2,18,19,20);1H. The number of likely N-dealkylation sites (N-methyl/N-ethyl adjacent to an activating group) is 1. The third-order valence-corrected chi connectivity index (χ3v) is 4.58. The Kier molecular flexibility index (Phi) is 15.1. The highest BCUT2D eigenvalue weighted by molar-refractivity contribution is 14.0. The minimum absolute atomic E-state index is 0. The number of nitrogens with zero attached hydrogens (tertiary/aromatic N) is 3. The lowest BCUT2D eigenvalue weighted by molar-refractivity contribution is 0.180. The van der Waals surface area contributed by atoms with Crippen LogP contribution in [0.1, 0.15) is 25.7 Å². The topological polar surface area (TPSA) is 52.1 Å². The molecule has 0 aromatic carbocycles. The summed E-state index contributed by atoms with van der Waals surface area (Å²) in [5.74, 6) is 1.78. The maximum atomic E-state index is 5.08. The molecule has 2 N–H and O–H groups in total. The number of likely N-dealkylation sites (tertiary alicyclic amines) is 1. The normalized spacial score (nSPS) is 17.0. The van der Waals surface area contributed by atoms with E-state index in [1.54, 1.807) is 7.11 Å². The molecule has 1 heterocycles. The number of halogens is 1. The number of aliphatic imine (C=N–C) groups is 1. The zero-order chi connectivity index (χ0) is 16.9. The van der Waals surface area contributed by atoms with Crippen molar-refractivity contribution < 1.29 is 4.74 Å². The van der Waals surface area contributed by atoms with E-state index < -0.39 is 0 Å². The van der Waals surface area contributed by atoms with Crippen molar-refractivity contribution in [1.82, 2.24) is 20.4 Å². The zero-order valence-electron chi connectivity index (χ0n) is 16.0. The van der Waals surface area contributed by atoms with E-state index in [0.29, 0.717) is 0 Å². The van der Waals surface area contributed by atoms with Gasteiger partial charge in [0.25, 0.3) is 0 Å². The predicted molar refractivity (Wildman–Crippen MR) is 114 cm³/mol. The molecule has 1 fully saturated rings. The Balaban J connectivity index is 0.00000529. The monoisotopic (exact) mass is 455 g/mol. The minimum atomic E-state index is 0. The third-order valence-electron chi connectivity index (χ3n) is 4.58. The maximum absolute atomic E-state index is 5.08. The average Bonchev–Trinajstić information content (AvgIpc) is 2.55. The van der Waals surface area contributed by atoms with Crippen LogP contribution in [0.5, 0.6) is 0 Å². The number of piperidine rings is 1. The fraction of sp³-hybridized carbons (Fsp3) is 0.941. The van der Waals surface area contributed by atoms with Crippen LogP contribution < -0.4 is 10.6 Å². The van der Waals surface area contributed by atoms with Crippen LogP contribution in [0.4, 0.5) is 0 Å². The highest BCUT2D eigenvalue weighted by Gasteiger charge is 2.16. The van der Waals surface area contributed by atoms with Crippen molar-refractivity contribution in [3.8, 4) is 0 Å². The minimum Gasteiger partial charge on any atom is -0.385 e. The summed E-state index contributed by atoms with van der Waals surface area (Å²) in [7, 11) is 7.95. The molecule has 1 aliphatic rings. The molecule has 7 heteroatoms. The summed E-state index contributed by atoms with van der Waals surface area (Å²) in [6.07, 6.45) is 4.98. The van der Waals surface area contributed by atoms with Crippen LogP contribution in [-0.2, 0) is 4.74 Å². The lowest BCUT2D eigenvalue weighted by atomic mass is 9.94. The smallest absolute Gasteiger partial charge is 0.191 e. The number of hydrogen-bond donors (Lipinski definition) is 2. The van der Waals surface area contributed by atoms with Crippen LogP contribution in [0.15, 0.2) is 4.99 Å². The number of ether oxygens (including phenoxy) is 1. The Bertz CT molecular complexity index is 322. The fourth-order valence-electron chi connectivity index (χ4n) is 2.92. The van der Waals surface area contributed by atoms with E-state index in [1.165, 1.54) is 32.4 Å². The van der Waals surface area contributed by atoms with Gasteiger partial charge in [-0.25, -0.2) is 0 Å². The van der Waals surface area contributed by atoms with Crippen LogP contribution in [0, 0.1) is 5.92 Å². The van der Waals surface area contributed by atoms with Crippen molar-refractivity contribution >= 4 is 29.9 Å². The van der Waals surface area contributed by atoms with Crippen LogP contribution in [0.2, 0.25) is 0 Å². The molecular weight excluding hydrogens is 417 g/mol. The molecule has 0 bridgehead atoms. The first-order chi connectivity index (χ1) is 11.2. The van der Waals surface area contributed by atoms with Crippen molar-refractivity contribution in [2.24, 2.45) is 10.9 Å². The molecular formula is C17H38IN5O. The second kappa shape index (κ2) is 15.2. The van der Waals surface area contributed by atoms with Crippen molar-refractivity contribution in [3.05, 3.63) is 0 Å². The first-order valence-electron chi connectivity index (χ1n) is 8.96. The van der Waals surface area contributed by atoms with Crippen LogP contribution in [0.3, 0.4) is 0 Å². The van der Waals surface area contributed by atoms with Gasteiger partial charge in [0.15, 0.2) is 5.96 Å². The van der Waals surface area contributed by atoms with E-state index in [4.69, 9.17) is 4.74 Å². The summed E-state index contributed by atoms with van der Waals surface area (Å²) in [6.45, 7) is 7.32. The molecule has 1 aliphatic heterocycles. The fourth-order valence-corrected chi connectivity index (χ4v) is 2.92. The van der Waals surface area contributed by atoms with Gasteiger partial charge in [-0.3, -0.25) is 4.99 Å². The lowest BCUT2D eigenvalue weighted by Crippen LogP contribution is -2.42. The number of hydrogen-bond acceptors (Lipinski definition) is 4. The van der Waals surface area contributed by atoms with E-state index in [9.17, 15) is 0 Å². The second-order valence-electron chi connectivity index (χ2n) is 6.61. The van der Waals surface area contributed by atoms with Gasteiger partial charge in [-0.15, -0.1) is 24.0 Å². The molecule has 0 aliphatic carbocycles. The van der Waals surface area contributed by atoms with E-state index in [2.05, 4.69) is 39.5 Å². The summed E-state index contributed by atoms with van der Waals surface area (Å²) in [4.78, 5) is 9.04. The SMILES string of the molecule is CN=C(NCCC1CCN(C)CC1)NCCN(C)CCCOC.I. The Morgan fingerprint density at radius 3 is 2.50 bits per heavy atom. The van der Waals surface area contributed by atoms with Gasteiger partial charge < -0.3 is 25.2 Å². The number of nitrogens with one attached hydrogen (secondary N) is 2. The van der Waals surface area contributed by atoms with Crippen LogP contribution in [-0.4, -0.2) is 89.9 Å². The van der Waals surface area contributed by atoms with Crippen molar-refractivity contribution in [2.45, 2.75) is 25.7 Å². The summed E-state index contributed by atoms with van der Waals surface area (Å²) in [5.41, 5.74) is 0. The molecule has 0 amide bonds. The molecule has 1 rings (SSSR count). The van der Waals surface area contributed by atoms with E-state index in [-0.39, 0.29) is 24.0 Å². The second-order valence-corrected chi connectivity index (χ2v) is 6.61. The molecule has 0 aromatic rings. The first kappa shape index (κ1) is 23.9. The van der Waals surface area contributed by atoms with Gasteiger partial charge in [-0.1, -0.05) is 0 Å². The highest BCUT2D eigenvalue weighted by Crippen LogP contribution is 2.18. The number of guanidine groups is 1. The number of rotatable bonds is 10. The van der Waals surface area contributed by atoms with Crippen molar-refractivity contribution in [3.63, 3.8) is 0 Å². The average molecular weight is 455 g/mol. The zero-order valence-corrected chi connectivity index (χ0v) is 18.3. The van der Waals surface area contributed by atoms with Crippen LogP contribution in [0.25, 0.3) is 0 Å². The predicted octanol–water partition coefficient (Wildman–Crippen LogP) is 1.47. The summed E-state index contributed by atoms with van der Waals surface area (Å²) >= 11 is 0. The molecule has 1 saturated heterocycles. The Hall–Kier alpha value is -0.120. The van der Waals surface area contributed by atoms with Gasteiger partial charge in [0.2, 0.25) is 0 Å². The summed E-state index contributed by atoms with van der Waals surface area (Å²) in [6, 6.07) is 0. The van der Waals surface area contributed by atoms with Gasteiger partial charge in [0, 0.05) is 46.9 Å². The molecule has 0 unspecified atom stereocenters. The Morgan fingerprint density at radius 1 is 1.21 bits per heavy atom. The van der Waals surface area contributed by atoms with E-state index in [1.807, 2.05) is 7.05 Å². The largest absolute Gasteiger partial charge is 0.385 e. The molecule has 6 nitrogen and oxygen atoms in total. The highest BCUT2D eigenvalue weighted by atomic mass is 127. The molecule has 0 atom stereocenters. The first-order valence-corrected chi connectivity index (χ1v) is 8.96. The maximum Gasteiger partial charge on any atom is 0.191 e. The van der Waals surface area contributed by atoms with Crippen LogP contribution >= 0.6 is 24.0 Å². The summed E-state index contributed by atoms with van der Waals surface area (Å²) in [5, 5.41) is 6.83. The van der Waals surface area contributed by atoms with Gasteiger partial charge in [-0.2, -0.15) is 0 Å². The molecule has 0 spiro atoms. The lowest BCUT2D eigenvalue weighted by Gasteiger charge is -2.29.